The molecule has 0 aliphatic rings. The van der Waals surface area contributed by atoms with Gasteiger partial charge in [-0.05, 0) is 28.9 Å². The van der Waals surface area contributed by atoms with Crippen molar-refractivity contribution in [2.75, 3.05) is 6.61 Å². The van der Waals surface area contributed by atoms with Crippen LogP contribution in [0.5, 0.6) is 0 Å². The SMILES string of the molecule is CCOC(=O)Cc1cc(F)cc(Br)n1. The highest BCUT2D eigenvalue weighted by Crippen LogP contribution is 2.10. The lowest BCUT2D eigenvalue weighted by Crippen LogP contribution is -2.09. The molecule has 5 heteroatoms. The third-order valence-corrected chi connectivity index (χ3v) is 1.85. The van der Waals surface area contributed by atoms with Gasteiger partial charge in [-0.25, -0.2) is 9.37 Å². The molecule has 0 aliphatic carbocycles. The number of pyridine rings is 1. The zero-order valence-corrected chi connectivity index (χ0v) is 9.17. The Morgan fingerprint density at radius 1 is 1.64 bits per heavy atom. The Bertz CT molecular complexity index is 323. The molecule has 0 amide bonds. The Hall–Kier alpha value is -0.970. The highest BCUT2D eigenvalue weighted by Gasteiger charge is 2.07. The lowest BCUT2D eigenvalue weighted by Gasteiger charge is -2.01. The monoisotopic (exact) mass is 261 g/mol. The van der Waals surface area contributed by atoms with E-state index in [1.54, 1.807) is 6.92 Å². The fraction of sp³-hybridized carbons (Fsp3) is 0.333. The maximum absolute atomic E-state index is 12.8. The van der Waals surface area contributed by atoms with Gasteiger partial charge >= 0.3 is 5.97 Å². The number of ether oxygens (including phenoxy) is 1. The molecule has 0 spiro atoms. The summed E-state index contributed by atoms with van der Waals surface area (Å²) in [5.74, 6) is -0.830. The summed E-state index contributed by atoms with van der Waals surface area (Å²) in [6, 6.07) is 2.44. The van der Waals surface area contributed by atoms with Crippen LogP contribution in [-0.2, 0) is 16.0 Å². The van der Waals surface area contributed by atoms with E-state index in [4.69, 9.17) is 4.74 Å². The van der Waals surface area contributed by atoms with Gasteiger partial charge in [-0.3, -0.25) is 4.79 Å². The molecule has 1 heterocycles. The van der Waals surface area contributed by atoms with Crippen LogP contribution in [0.1, 0.15) is 12.6 Å². The second-order valence-corrected chi connectivity index (χ2v) is 3.39. The van der Waals surface area contributed by atoms with Crippen molar-refractivity contribution in [2.24, 2.45) is 0 Å². The molecule has 0 saturated carbocycles. The summed E-state index contributed by atoms with van der Waals surface area (Å²) in [7, 11) is 0. The van der Waals surface area contributed by atoms with Crippen molar-refractivity contribution in [2.45, 2.75) is 13.3 Å². The number of rotatable bonds is 3. The predicted octanol–water partition coefficient (Wildman–Crippen LogP) is 2.09. The van der Waals surface area contributed by atoms with Crippen LogP contribution in [0.3, 0.4) is 0 Å². The van der Waals surface area contributed by atoms with E-state index in [1.165, 1.54) is 12.1 Å². The zero-order chi connectivity index (χ0) is 10.6. The molecule has 1 rings (SSSR count). The molecule has 0 aromatic carbocycles. The van der Waals surface area contributed by atoms with Gasteiger partial charge in [-0.15, -0.1) is 0 Å². The number of carbonyl (C=O) groups excluding carboxylic acids is 1. The van der Waals surface area contributed by atoms with E-state index in [0.29, 0.717) is 16.9 Å². The number of hydrogen-bond acceptors (Lipinski definition) is 3. The van der Waals surface area contributed by atoms with Gasteiger partial charge in [0.15, 0.2) is 0 Å². The molecule has 0 unspecified atom stereocenters. The molecule has 76 valence electrons. The minimum Gasteiger partial charge on any atom is -0.466 e. The molecule has 0 fully saturated rings. The van der Waals surface area contributed by atoms with Gasteiger partial charge in [0.05, 0.1) is 18.7 Å². The van der Waals surface area contributed by atoms with Gasteiger partial charge < -0.3 is 4.74 Å². The molecule has 3 nitrogen and oxygen atoms in total. The minimum atomic E-state index is -0.425. The topological polar surface area (TPSA) is 39.2 Å². The van der Waals surface area contributed by atoms with Crippen LogP contribution in [0, 0.1) is 5.82 Å². The number of nitrogens with zero attached hydrogens (tertiary/aromatic N) is 1. The minimum absolute atomic E-state index is 0.00972. The standard InChI is InChI=1S/C9H9BrFNO2/c1-2-14-9(13)5-7-3-6(11)4-8(10)12-7/h3-4H,2,5H2,1H3. The van der Waals surface area contributed by atoms with Crippen LogP contribution in [0.15, 0.2) is 16.7 Å². The Morgan fingerprint density at radius 3 is 2.93 bits per heavy atom. The number of hydrogen-bond donors (Lipinski definition) is 0. The van der Waals surface area contributed by atoms with Crippen LogP contribution < -0.4 is 0 Å². The molecular weight excluding hydrogens is 253 g/mol. The largest absolute Gasteiger partial charge is 0.466 e. The Labute approximate surface area is 89.4 Å². The van der Waals surface area contributed by atoms with Crippen LogP contribution in [0.25, 0.3) is 0 Å². The lowest BCUT2D eigenvalue weighted by atomic mass is 10.3. The highest BCUT2D eigenvalue weighted by molar-refractivity contribution is 9.10. The predicted molar refractivity (Wildman–Crippen MR) is 52.2 cm³/mol. The fourth-order valence-electron chi connectivity index (χ4n) is 0.967. The van der Waals surface area contributed by atoms with E-state index < -0.39 is 11.8 Å². The van der Waals surface area contributed by atoms with E-state index in [0.717, 1.165) is 0 Å². The van der Waals surface area contributed by atoms with E-state index in [1.807, 2.05) is 0 Å². The van der Waals surface area contributed by atoms with Crippen molar-refractivity contribution < 1.29 is 13.9 Å². The Balaban J connectivity index is 2.71. The number of aromatic nitrogens is 1. The zero-order valence-electron chi connectivity index (χ0n) is 7.59. The number of esters is 1. The third kappa shape index (κ3) is 3.41. The van der Waals surface area contributed by atoms with Gasteiger partial charge in [-0.1, -0.05) is 0 Å². The Kier molecular flexibility index (Phi) is 4.00. The van der Waals surface area contributed by atoms with E-state index >= 15 is 0 Å². The molecule has 1 aromatic rings. The second kappa shape index (κ2) is 5.05. The van der Waals surface area contributed by atoms with Crippen molar-refractivity contribution in [3.8, 4) is 0 Å². The third-order valence-electron chi connectivity index (χ3n) is 1.44. The van der Waals surface area contributed by atoms with Crippen molar-refractivity contribution >= 4 is 21.9 Å². The van der Waals surface area contributed by atoms with E-state index in [9.17, 15) is 9.18 Å². The summed E-state index contributed by atoms with van der Waals surface area (Å²) in [5, 5.41) is 0. The first-order valence-electron chi connectivity index (χ1n) is 4.09. The molecule has 0 atom stereocenters. The number of carbonyl (C=O) groups is 1. The average molecular weight is 262 g/mol. The lowest BCUT2D eigenvalue weighted by molar-refractivity contribution is -0.142. The van der Waals surface area contributed by atoms with Crippen molar-refractivity contribution in [1.29, 1.82) is 0 Å². The van der Waals surface area contributed by atoms with Crippen LogP contribution in [0.4, 0.5) is 4.39 Å². The molecule has 0 radical (unpaired) electrons. The Morgan fingerprint density at radius 2 is 2.36 bits per heavy atom. The molecule has 14 heavy (non-hydrogen) atoms. The summed E-state index contributed by atoms with van der Waals surface area (Å²) in [5.41, 5.74) is 0.357. The highest BCUT2D eigenvalue weighted by atomic mass is 79.9. The summed E-state index contributed by atoms with van der Waals surface area (Å²) in [6.07, 6.45) is -0.00972. The van der Waals surface area contributed by atoms with Crippen molar-refractivity contribution in [1.82, 2.24) is 4.98 Å². The van der Waals surface area contributed by atoms with Crippen LogP contribution in [0.2, 0.25) is 0 Å². The fourth-order valence-corrected chi connectivity index (χ4v) is 1.41. The van der Waals surface area contributed by atoms with E-state index in [-0.39, 0.29) is 6.42 Å². The van der Waals surface area contributed by atoms with Crippen molar-refractivity contribution in [3.05, 3.63) is 28.2 Å². The maximum atomic E-state index is 12.8. The van der Waals surface area contributed by atoms with Gasteiger partial charge in [0, 0.05) is 6.07 Å². The summed E-state index contributed by atoms with van der Waals surface area (Å²) in [4.78, 5) is 15.0. The summed E-state index contributed by atoms with van der Waals surface area (Å²) < 4.78 is 17.9. The smallest absolute Gasteiger partial charge is 0.311 e. The molecule has 0 aliphatic heterocycles. The van der Waals surface area contributed by atoms with E-state index in [2.05, 4.69) is 20.9 Å². The maximum Gasteiger partial charge on any atom is 0.311 e. The van der Waals surface area contributed by atoms with Crippen LogP contribution in [-0.4, -0.2) is 17.6 Å². The number of halogens is 2. The quantitative estimate of drug-likeness (QED) is 0.618. The van der Waals surface area contributed by atoms with Gasteiger partial charge in [0.1, 0.15) is 10.4 Å². The van der Waals surface area contributed by atoms with Gasteiger partial charge in [0.2, 0.25) is 0 Å². The molecule has 1 aromatic heterocycles. The average Bonchev–Trinajstić information content (AvgIpc) is 2.01. The molecular formula is C9H9BrFNO2. The summed E-state index contributed by atoms with van der Waals surface area (Å²) >= 11 is 3.04. The first kappa shape index (κ1) is 11.1. The molecule has 0 bridgehead atoms. The van der Waals surface area contributed by atoms with Crippen molar-refractivity contribution in [3.63, 3.8) is 0 Å². The summed E-state index contributed by atoms with van der Waals surface area (Å²) in [6.45, 7) is 2.03. The first-order valence-corrected chi connectivity index (χ1v) is 4.88. The van der Waals surface area contributed by atoms with Crippen LogP contribution >= 0.6 is 15.9 Å². The molecule has 0 saturated heterocycles. The normalized spacial score (nSPS) is 9.93. The molecule has 0 N–H and O–H groups in total. The first-order chi connectivity index (χ1) is 6.61. The van der Waals surface area contributed by atoms with Gasteiger partial charge in [0.25, 0.3) is 0 Å². The van der Waals surface area contributed by atoms with Gasteiger partial charge in [-0.2, -0.15) is 0 Å². The second-order valence-electron chi connectivity index (χ2n) is 2.58.